The fourth-order valence-corrected chi connectivity index (χ4v) is 1.78. The highest BCUT2D eigenvalue weighted by Crippen LogP contribution is 2.27. The number of methoxy groups -OCH3 is 1. The Labute approximate surface area is 121 Å². The van der Waals surface area contributed by atoms with Gasteiger partial charge in [-0.3, -0.25) is 5.32 Å². The monoisotopic (exact) mass is 305 g/mol. The average Bonchev–Trinajstić information content (AvgIpc) is 2.44. The van der Waals surface area contributed by atoms with Crippen molar-refractivity contribution in [2.75, 3.05) is 20.3 Å². The van der Waals surface area contributed by atoms with Crippen LogP contribution < -0.4 is 10.1 Å². The van der Waals surface area contributed by atoms with Gasteiger partial charge in [0.2, 0.25) is 0 Å². The third-order valence-corrected chi connectivity index (χ3v) is 2.97. The molecule has 0 spiro atoms. The Hall–Kier alpha value is -1.76. The van der Waals surface area contributed by atoms with E-state index in [-0.39, 0.29) is 6.61 Å². The summed E-state index contributed by atoms with van der Waals surface area (Å²) in [5.41, 5.74) is -1.27. The maximum Gasteiger partial charge on any atom is 0.401 e. The molecular weight excluding hydrogens is 287 g/mol. The average molecular weight is 305 g/mol. The van der Waals surface area contributed by atoms with E-state index < -0.39 is 24.2 Å². The number of ether oxygens (including phenoxy) is 2. The predicted molar refractivity (Wildman–Crippen MR) is 71.0 cm³/mol. The summed E-state index contributed by atoms with van der Waals surface area (Å²) < 4.78 is 47.3. The maximum absolute atomic E-state index is 12.5. The molecule has 0 aliphatic carbocycles. The molecule has 0 aliphatic rings. The van der Waals surface area contributed by atoms with Crippen LogP contribution in [0.25, 0.3) is 0 Å². The summed E-state index contributed by atoms with van der Waals surface area (Å²) in [6.45, 7) is 1.71. The van der Waals surface area contributed by atoms with Crippen molar-refractivity contribution in [2.24, 2.45) is 0 Å². The van der Waals surface area contributed by atoms with Crippen LogP contribution in [0.3, 0.4) is 0 Å². The summed E-state index contributed by atoms with van der Waals surface area (Å²) in [5.74, 6) is -0.334. The molecular formula is C14H18F3NO3. The lowest BCUT2D eigenvalue weighted by Gasteiger charge is -2.29. The van der Waals surface area contributed by atoms with Crippen LogP contribution in [-0.2, 0) is 15.1 Å². The molecule has 4 nitrogen and oxygen atoms in total. The molecule has 0 saturated heterocycles. The number of hydrogen-bond acceptors (Lipinski definition) is 4. The summed E-state index contributed by atoms with van der Waals surface area (Å²) in [4.78, 5) is 12.1. The Morgan fingerprint density at radius 3 is 2.52 bits per heavy atom. The first-order valence-electron chi connectivity index (χ1n) is 6.36. The molecule has 0 amide bonds. The van der Waals surface area contributed by atoms with Crippen molar-refractivity contribution in [2.45, 2.75) is 25.6 Å². The first kappa shape index (κ1) is 17.3. The van der Waals surface area contributed by atoms with Crippen LogP contribution in [-0.4, -0.2) is 32.4 Å². The fourth-order valence-electron chi connectivity index (χ4n) is 1.78. The molecule has 0 saturated carbocycles. The highest BCUT2D eigenvalue weighted by Gasteiger charge is 2.40. The highest BCUT2D eigenvalue weighted by atomic mass is 19.4. The second kappa shape index (κ2) is 6.80. The van der Waals surface area contributed by atoms with E-state index in [0.717, 1.165) is 0 Å². The first-order valence-corrected chi connectivity index (χ1v) is 6.36. The van der Waals surface area contributed by atoms with Gasteiger partial charge in [-0.1, -0.05) is 12.1 Å². The number of nitrogens with one attached hydrogen (secondary N) is 1. The molecule has 1 unspecified atom stereocenters. The van der Waals surface area contributed by atoms with Crippen molar-refractivity contribution in [3.63, 3.8) is 0 Å². The Kier molecular flexibility index (Phi) is 5.60. The van der Waals surface area contributed by atoms with Crippen molar-refractivity contribution in [1.29, 1.82) is 0 Å². The number of benzene rings is 1. The van der Waals surface area contributed by atoms with Gasteiger partial charge in [-0.2, -0.15) is 13.2 Å². The predicted octanol–water partition coefficient (Wildman–Crippen LogP) is 2.63. The molecule has 0 bridgehead atoms. The van der Waals surface area contributed by atoms with Crippen molar-refractivity contribution < 1.29 is 27.4 Å². The summed E-state index contributed by atoms with van der Waals surface area (Å²) in [6.07, 6.45) is -4.44. The van der Waals surface area contributed by atoms with Gasteiger partial charge in [-0.05, 0) is 31.5 Å². The molecule has 1 aromatic carbocycles. The molecule has 118 valence electrons. The topological polar surface area (TPSA) is 47.6 Å². The number of hydrogen-bond donors (Lipinski definition) is 1. The van der Waals surface area contributed by atoms with Gasteiger partial charge in [0, 0.05) is 0 Å². The van der Waals surface area contributed by atoms with E-state index in [9.17, 15) is 18.0 Å². The van der Waals surface area contributed by atoms with E-state index >= 15 is 0 Å². The second-order valence-electron chi connectivity index (χ2n) is 4.55. The van der Waals surface area contributed by atoms with Gasteiger partial charge < -0.3 is 9.47 Å². The third-order valence-electron chi connectivity index (χ3n) is 2.97. The minimum absolute atomic E-state index is 0.0755. The fraction of sp³-hybridized carbons (Fsp3) is 0.500. The molecule has 0 aromatic heterocycles. The standard InChI is InChI=1S/C14H18F3NO3/c1-4-21-12(19)13(2,18-9-14(15,16)17)10-6-5-7-11(8-10)20-3/h5-8,18H,4,9H2,1-3H3. The van der Waals surface area contributed by atoms with Gasteiger partial charge in [0.05, 0.1) is 20.3 Å². The minimum Gasteiger partial charge on any atom is -0.497 e. The van der Waals surface area contributed by atoms with Crippen molar-refractivity contribution >= 4 is 5.97 Å². The van der Waals surface area contributed by atoms with Crippen LogP contribution in [0.1, 0.15) is 19.4 Å². The molecule has 0 aliphatic heterocycles. The van der Waals surface area contributed by atoms with Crippen LogP contribution in [0.4, 0.5) is 13.2 Å². The van der Waals surface area contributed by atoms with E-state index in [4.69, 9.17) is 9.47 Å². The van der Waals surface area contributed by atoms with Crippen LogP contribution in [0.15, 0.2) is 24.3 Å². The lowest BCUT2D eigenvalue weighted by Crippen LogP contribution is -2.50. The SMILES string of the molecule is CCOC(=O)C(C)(NCC(F)(F)F)c1cccc(OC)c1. The van der Waals surface area contributed by atoms with Gasteiger partial charge in [0.15, 0.2) is 0 Å². The molecule has 1 aromatic rings. The maximum atomic E-state index is 12.5. The lowest BCUT2D eigenvalue weighted by molar-refractivity contribution is -0.155. The lowest BCUT2D eigenvalue weighted by atomic mass is 9.91. The van der Waals surface area contributed by atoms with E-state index in [2.05, 4.69) is 5.32 Å². The van der Waals surface area contributed by atoms with Gasteiger partial charge >= 0.3 is 12.1 Å². The van der Waals surface area contributed by atoms with Crippen LogP contribution >= 0.6 is 0 Å². The van der Waals surface area contributed by atoms with Gasteiger partial charge in [0.25, 0.3) is 0 Å². The molecule has 21 heavy (non-hydrogen) atoms. The van der Waals surface area contributed by atoms with E-state index in [1.54, 1.807) is 25.1 Å². The Morgan fingerprint density at radius 1 is 1.33 bits per heavy atom. The van der Waals surface area contributed by atoms with Gasteiger partial charge in [-0.25, -0.2) is 4.79 Å². The van der Waals surface area contributed by atoms with E-state index in [0.29, 0.717) is 11.3 Å². The summed E-state index contributed by atoms with van der Waals surface area (Å²) in [6, 6.07) is 6.28. The largest absolute Gasteiger partial charge is 0.497 e. The zero-order chi connectivity index (χ0) is 16.1. The number of halogens is 3. The number of carbonyl (C=O) groups is 1. The summed E-state index contributed by atoms with van der Waals surface area (Å²) in [5, 5.41) is 2.23. The number of carbonyl (C=O) groups excluding carboxylic acids is 1. The Bertz CT molecular complexity index is 491. The van der Waals surface area contributed by atoms with Crippen LogP contribution in [0.2, 0.25) is 0 Å². The molecule has 1 atom stereocenters. The molecule has 1 N–H and O–H groups in total. The Balaban J connectivity index is 3.13. The zero-order valence-corrected chi connectivity index (χ0v) is 12.1. The summed E-state index contributed by atoms with van der Waals surface area (Å²) >= 11 is 0. The van der Waals surface area contributed by atoms with Gasteiger partial charge in [0.1, 0.15) is 11.3 Å². The molecule has 0 radical (unpaired) electrons. The van der Waals surface area contributed by atoms with E-state index in [1.165, 1.54) is 20.1 Å². The number of alkyl halides is 3. The van der Waals surface area contributed by atoms with Crippen LogP contribution in [0.5, 0.6) is 5.75 Å². The molecule has 0 heterocycles. The molecule has 1 rings (SSSR count). The molecule has 7 heteroatoms. The zero-order valence-electron chi connectivity index (χ0n) is 12.1. The first-order chi connectivity index (χ1) is 9.73. The summed E-state index contributed by atoms with van der Waals surface area (Å²) in [7, 11) is 1.43. The number of rotatable bonds is 6. The van der Waals surface area contributed by atoms with Crippen molar-refractivity contribution in [3.8, 4) is 5.75 Å². The third kappa shape index (κ3) is 4.63. The Morgan fingerprint density at radius 2 is 2.00 bits per heavy atom. The van der Waals surface area contributed by atoms with Gasteiger partial charge in [-0.15, -0.1) is 0 Å². The number of esters is 1. The van der Waals surface area contributed by atoms with Crippen molar-refractivity contribution in [3.05, 3.63) is 29.8 Å². The van der Waals surface area contributed by atoms with Crippen LogP contribution in [0, 0.1) is 0 Å². The quantitative estimate of drug-likeness (QED) is 0.821. The normalized spacial score (nSPS) is 14.4. The highest BCUT2D eigenvalue weighted by molar-refractivity contribution is 5.82. The van der Waals surface area contributed by atoms with E-state index in [1.807, 2.05) is 0 Å². The smallest absolute Gasteiger partial charge is 0.401 e. The van der Waals surface area contributed by atoms with Crippen molar-refractivity contribution in [1.82, 2.24) is 5.32 Å². The minimum atomic E-state index is -4.44. The molecule has 0 fully saturated rings. The second-order valence-corrected chi connectivity index (χ2v) is 4.55.